The Kier molecular flexibility index (Phi) is 4.57. The van der Waals surface area contributed by atoms with Gasteiger partial charge in [0, 0.05) is 17.8 Å². The fourth-order valence-electron chi connectivity index (χ4n) is 1.73. The number of nitrogens with one attached hydrogen (secondary N) is 1. The zero-order valence-corrected chi connectivity index (χ0v) is 12.1. The van der Waals surface area contributed by atoms with Gasteiger partial charge < -0.3 is 15.2 Å². The van der Waals surface area contributed by atoms with Gasteiger partial charge in [-0.25, -0.2) is 4.39 Å². The molecule has 0 spiro atoms. The van der Waals surface area contributed by atoms with Crippen LogP contribution in [0.15, 0.2) is 30.3 Å². The van der Waals surface area contributed by atoms with Crippen molar-refractivity contribution in [2.24, 2.45) is 0 Å². The van der Waals surface area contributed by atoms with E-state index in [4.69, 9.17) is 27.9 Å². The number of hydrogen-bond acceptors (Lipinski definition) is 3. The lowest BCUT2D eigenvalue weighted by Crippen LogP contribution is -2.01. The average molecular weight is 316 g/mol. The van der Waals surface area contributed by atoms with E-state index in [1.807, 2.05) is 0 Å². The molecule has 0 aliphatic rings. The Hall–Kier alpha value is -1.65. The molecule has 106 valence electrons. The lowest BCUT2D eigenvalue weighted by Gasteiger charge is -2.11. The summed E-state index contributed by atoms with van der Waals surface area (Å²) in [6, 6.07) is 8.03. The maximum atomic E-state index is 13.3. The summed E-state index contributed by atoms with van der Waals surface area (Å²) in [5, 5.41) is 12.8. The monoisotopic (exact) mass is 315 g/mol. The van der Waals surface area contributed by atoms with Crippen molar-refractivity contribution < 1.29 is 14.2 Å². The molecule has 0 aliphatic carbocycles. The summed E-state index contributed by atoms with van der Waals surface area (Å²) in [5.74, 6) is -0.204. The molecule has 3 nitrogen and oxygen atoms in total. The van der Waals surface area contributed by atoms with Crippen molar-refractivity contribution in [3.05, 3.63) is 51.8 Å². The molecule has 0 aliphatic heterocycles. The second kappa shape index (κ2) is 6.20. The van der Waals surface area contributed by atoms with Crippen LogP contribution >= 0.6 is 23.2 Å². The number of ether oxygens (including phenoxy) is 1. The summed E-state index contributed by atoms with van der Waals surface area (Å²) >= 11 is 11.4. The summed E-state index contributed by atoms with van der Waals surface area (Å²) < 4.78 is 18.3. The van der Waals surface area contributed by atoms with Crippen LogP contribution < -0.4 is 10.1 Å². The van der Waals surface area contributed by atoms with Gasteiger partial charge in [-0.2, -0.15) is 0 Å². The van der Waals surface area contributed by atoms with E-state index in [0.717, 1.165) is 0 Å². The lowest BCUT2D eigenvalue weighted by molar-refractivity contribution is 0.371. The molecule has 0 unspecified atom stereocenters. The van der Waals surface area contributed by atoms with E-state index < -0.39 is 5.82 Å². The van der Waals surface area contributed by atoms with Crippen LogP contribution in [0.2, 0.25) is 10.0 Å². The van der Waals surface area contributed by atoms with E-state index in [1.165, 1.54) is 19.2 Å². The summed E-state index contributed by atoms with van der Waals surface area (Å²) in [6.45, 7) is 0.321. The van der Waals surface area contributed by atoms with E-state index in [-0.39, 0.29) is 15.8 Å². The quantitative estimate of drug-likeness (QED) is 0.818. The molecule has 0 amide bonds. The van der Waals surface area contributed by atoms with Crippen LogP contribution in [0.3, 0.4) is 0 Å². The van der Waals surface area contributed by atoms with Crippen molar-refractivity contribution in [1.82, 2.24) is 0 Å². The van der Waals surface area contributed by atoms with Gasteiger partial charge in [-0.1, -0.05) is 35.3 Å². The Bertz CT molecular complexity index is 612. The summed E-state index contributed by atoms with van der Waals surface area (Å²) in [7, 11) is 1.48. The second-order valence-electron chi connectivity index (χ2n) is 4.08. The highest BCUT2D eigenvalue weighted by molar-refractivity contribution is 6.35. The topological polar surface area (TPSA) is 41.5 Å². The Labute approximate surface area is 125 Å². The third kappa shape index (κ3) is 3.08. The minimum absolute atomic E-state index is 0.0572. The molecule has 2 aromatic rings. The van der Waals surface area contributed by atoms with Gasteiger partial charge in [-0.05, 0) is 18.2 Å². The number of aromatic hydroxyl groups is 1. The van der Waals surface area contributed by atoms with Gasteiger partial charge in [0.1, 0.15) is 0 Å². The van der Waals surface area contributed by atoms with E-state index in [2.05, 4.69) is 5.32 Å². The summed E-state index contributed by atoms with van der Waals surface area (Å²) in [6.07, 6.45) is 0. The zero-order chi connectivity index (χ0) is 14.7. The minimum atomic E-state index is -0.650. The van der Waals surface area contributed by atoms with Gasteiger partial charge in [-0.15, -0.1) is 0 Å². The Balaban J connectivity index is 2.17. The first-order valence-electron chi connectivity index (χ1n) is 5.76. The first-order chi connectivity index (χ1) is 9.52. The third-order valence-electron chi connectivity index (χ3n) is 2.77. The molecular formula is C14H12Cl2FNO2. The van der Waals surface area contributed by atoms with Crippen molar-refractivity contribution in [2.75, 3.05) is 12.4 Å². The highest BCUT2D eigenvalue weighted by Crippen LogP contribution is 2.31. The van der Waals surface area contributed by atoms with Crippen LogP contribution in [0.4, 0.5) is 10.1 Å². The van der Waals surface area contributed by atoms with E-state index in [1.54, 1.807) is 18.2 Å². The largest absolute Gasteiger partial charge is 0.504 e. The highest BCUT2D eigenvalue weighted by atomic mass is 35.5. The van der Waals surface area contributed by atoms with Gasteiger partial charge in [-0.3, -0.25) is 0 Å². The summed E-state index contributed by atoms with van der Waals surface area (Å²) in [4.78, 5) is 0. The van der Waals surface area contributed by atoms with Crippen molar-refractivity contribution >= 4 is 28.9 Å². The number of phenolic OH excluding ortho intramolecular Hbond substituents is 1. The first kappa shape index (κ1) is 14.8. The fraction of sp³-hybridized carbons (Fsp3) is 0.143. The van der Waals surface area contributed by atoms with Crippen LogP contribution in [0.1, 0.15) is 5.56 Å². The SMILES string of the molecule is COc1cccc(CNc2cc(Cl)c(F)c(Cl)c2)c1O. The molecule has 2 N–H and O–H groups in total. The number of hydrogen-bond donors (Lipinski definition) is 2. The van der Waals surface area contributed by atoms with Crippen LogP contribution in [-0.2, 0) is 6.54 Å². The smallest absolute Gasteiger partial charge is 0.162 e. The van der Waals surface area contributed by atoms with E-state index >= 15 is 0 Å². The van der Waals surface area contributed by atoms with Crippen molar-refractivity contribution in [2.45, 2.75) is 6.54 Å². The number of halogens is 3. The second-order valence-corrected chi connectivity index (χ2v) is 4.89. The van der Waals surface area contributed by atoms with Crippen molar-refractivity contribution in [3.63, 3.8) is 0 Å². The normalized spacial score (nSPS) is 10.4. The predicted octanol–water partition coefficient (Wildman–Crippen LogP) is 4.46. The lowest BCUT2D eigenvalue weighted by atomic mass is 10.2. The Morgan fingerprint density at radius 1 is 1.25 bits per heavy atom. The molecule has 0 radical (unpaired) electrons. The predicted molar refractivity (Wildman–Crippen MR) is 78.4 cm³/mol. The van der Waals surface area contributed by atoms with Gasteiger partial charge >= 0.3 is 0 Å². The minimum Gasteiger partial charge on any atom is -0.504 e. The summed E-state index contributed by atoms with van der Waals surface area (Å²) in [5.41, 5.74) is 1.20. The van der Waals surface area contributed by atoms with Crippen LogP contribution in [0, 0.1) is 5.82 Å². The zero-order valence-electron chi connectivity index (χ0n) is 10.6. The van der Waals surface area contributed by atoms with Crippen molar-refractivity contribution in [1.29, 1.82) is 0 Å². The van der Waals surface area contributed by atoms with Crippen LogP contribution in [-0.4, -0.2) is 12.2 Å². The average Bonchev–Trinajstić information content (AvgIpc) is 2.43. The molecule has 0 heterocycles. The molecule has 0 aromatic heterocycles. The number of phenols is 1. The molecule has 0 fully saturated rings. The maximum absolute atomic E-state index is 13.3. The van der Waals surface area contributed by atoms with Crippen LogP contribution in [0.25, 0.3) is 0 Å². The first-order valence-corrected chi connectivity index (χ1v) is 6.51. The number of rotatable bonds is 4. The molecule has 20 heavy (non-hydrogen) atoms. The molecule has 0 bridgehead atoms. The molecule has 0 saturated heterocycles. The van der Waals surface area contributed by atoms with E-state index in [0.29, 0.717) is 23.5 Å². The number of methoxy groups -OCH3 is 1. The maximum Gasteiger partial charge on any atom is 0.162 e. The standard InChI is InChI=1S/C14H12Cl2FNO2/c1-20-12-4-2-3-8(14(12)19)7-18-9-5-10(15)13(17)11(16)6-9/h2-6,18-19H,7H2,1H3. The van der Waals surface area contributed by atoms with Gasteiger partial charge in [0.05, 0.1) is 17.2 Å². The number of para-hydroxylation sites is 1. The van der Waals surface area contributed by atoms with Crippen LogP contribution in [0.5, 0.6) is 11.5 Å². The molecule has 2 rings (SSSR count). The Morgan fingerprint density at radius 3 is 2.50 bits per heavy atom. The Morgan fingerprint density at radius 2 is 1.90 bits per heavy atom. The molecular weight excluding hydrogens is 304 g/mol. The molecule has 0 saturated carbocycles. The fourth-order valence-corrected chi connectivity index (χ4v) is 2.22. The number of benzene rings is 2. The van der Waals surface area contributed by atoms with Gasteiger partial charge in [0.15, 0.2) is 17.3 Å². The van der Waals surface area contributed by atoms with E-state index in [9.17, 15) is 9.50 Å². The van der Waals surface area contributed by atoms with Crippen molar-refractivity contribution in [3.8, 4) is 11.5 Å². The highest BCUT2D eigenvalue weighted by Gasteiger charge is 2.09. The third-order valence-corrected chi connectivity index (χ3v) is 3.32. The van der Waals surface area contributed by atoms with Gasteiger partial charge in [0.2, 0.25) is 0 Å². The molecule has 0 atom stereocenters. The molecule has 6 heteroatoms. The number of anilines is 1. The van der Waals surface area contributed by atoms with Gasteiger partial charge in [0.25, 0.3) is 0 Å². The molecule has 2 aromatic carbocycles.